The van der Waals surface area contributed by atoms with Gasteiger partial charge >= 0.3 is 0 Å². The van der Waals surface area contributed by atoms with E-state index in [1.54, 1.807) is 0 Å². The van der Waals surface area contributed by atoms with E-state index in [1.165, 1.54) is 19.3 Å². The van der Waals surface area contributed by atoms with Crippen LogP contribution in [0.25, 0.3) is 0 Å². The molecule has 2 aliphatic carbocycles. The van der Waals surface area contributed by atoms with Crippen LogP contribution in [0.1, 0.15) is 38.5 Å². The number of ether oxygens (including phenoxy) is 1. The van der Waals surface area contributed by atoms with Crippen molar-refractivity contribution >= 4 is 5.78 Å². The molecule has 96 valence electrons. The van der Waals surface area contributed by atoms with Gasteiger partial charge in [0.2, 0.25) is 0 Å². The third kappa shape index (κ3) is 2.27. The minimum Gasteiger partial charge on any atom is -0.379 e. The van der Waals surface area contributed by atoms with Gasteiger partial charge in [0, 0.05) is 31.0 Å². The van der Waals surface area contributed by atoms with Crippen LogP contribution in [0.3, 0.4) is 0 Å². The molecule has 0 aromatic carbocycles. The van der Waals surface area contributed by atoms with Crippen LogP contribution < -0.4 is 0 Å². The summed E-state index contributed by atoms with van der Waals surface area (Å²) in [7, 11) is 0. The fourth-order valence-electron chi connectivity index (χ4n) is 3.93. The van der Waals surface area contributed by atoms with Crippen molar-refractivity contribution in [3.8, 4) is 0 Å². The summed E-state index contributed by atoms with van der Waals surface area (Å²) in [6.45, 7) is 3.75. The first-order chi connectivity index (χ1) is 8.36. The van der Waals surface area contributed by atoms with Gasteiger partial charge in [-0.3, -0.25) is 9.69 Å². The second-order valence-electron chi connectivity index (χ2n) is 5.78. The third-order valence-electron chi connectivity index (χ3n) is 4.88. The Balaban J connectivity index is 1.73. The number of ketones is 1. The fraction of sp³-hybridized carbons (Fsp3) is 0.929. The zero-order valence-corrected chi connectivity index (χ0v) is 10.6. The molecule has 3 rings (SSSR count). The zero-order valence-electron chi connectivity index (χ0n) is 10.6. The molecule has 0 spiro atoms. The first-order valence-electron chi connectivity index (χ1n) is 7.22. The zero-order chi connectivity index (χ0) is 11.7. The Morgan fingerprint density at radius 1 is 1.00 bits per heavy atom. The first-order valence-corrected chi connectivity index (χ1v) is 7.22. The van der Waals surface area contributed by atoms with Crippen LogP contribution in [0.4, 0.5) is 0 Å². The lowest BCUT2D eigenvalue weighted by Crippen LogP contribution is -2.51. The predicted octanol–water partition coefficient (Wildman–Crippen LogP) is 1.86. The van der Waals surface area contributed by atoms with E-state index in [1.807, 2.05) is 0 Å². The van der Waals surface area contributed by atoms with Crippen molar-refractivity contribution in [2.45, 2.75) is 44.6 Å². The quantitative estimate of drug-likeness (QED) is 0.697. The fourth-order valence-corrected chi connectivity index (χ4v) is 3.93. The molecule has 3 fully saturated rings. The summed E-state index contributed by atoms with van der Waals surface area (Å²) in [5, 5.41) is 0. The van der Waals surface area contributed by atoms with E-state index in [9.17, 15) is 4.79 Å². The van der Waals surface area contributed by atoms with Gasteiger partial charge < -0.3 is 4.74 Å². The smallest absolute Gasteiger partial charge is 0.140 e. The van der Waals surface area contributed by atoms with Crippen LogP contribution in [0.2, 0.25) is 0 Å². The van der Waals surface area contributed by atoms with E-state index in [-0.39, 0.29) is 0 Å². The average molecular weight is 237 g/mol. The summed E-state index contributed by atoms with van der Waals surface area (Å²) in [5.74, 6) is 1.33. The molecule has 2 saturated carbocycles. The molecule has 0 radical (unpaired) electrons. The summed E-state index contributed by atoms with van der Waals surface area (Å²) in [4.78, 5) is 14.9. The van der Waals surface area contributed by atoms with Crippen molar-refractivity contribution in [1.82, 2.24) is 4.90 Å². The number of morpholine rings is 1. The van der Waals surface area contributed by atoms with Crippen LogP contribution >= 0.6 is 0 Å². The van der Waals surface area contributed by atoms with Gasteiger partial charge in [-0.1, -0.05) is 12.8 Å². The molecule has 0 unspecified atom stereocenters. The largest absolute Gasteiger partial charge is 0.379 e. The Labute approximate surface area is 104 Å². The van der Waals surface area contributed by atoms with Gasteiger partial charge in [0.15, 0.2) is 0 Å². The van der Waals surface area contributed by atoms with Gasteiger partial charge in [-0.15, -0.1) is 0 Å². The summed E-state index contributed by atoms with van der Waals surface area (Å²) < 4.78 is 5.42. The standard InChI is InChI=1S/C14H23NO2/c16-14-11-3-1-2-4-12(14)13(6-5-11)15-7-9-17-10-8-15/h11-13H,1-10H2/t11-,12-,13+/m1/s1. The first kappa shape index (κ1) is 11.7. The Morgan fingerprint density at radius 2 is 1.76 bits per heavy atom. The maximum Gasteiger partial charge on any atom is 0.140 e. The summed E-state index contributed by atoms with van der Waals surface area (Å²) in [6.07, 6.45) is 7.19. The lowest BCUT2D eigenvalue weighted by atomic mass is 9.75. The molecule has 3 heteroatoms. The summed E-state index contributed by atoms with van der Waals surface area (Å²) >= 11 is 0. The van der Waals surface area contributed by atoms with Crippen molar-refractivity contribution in [3.63, 3.8) is 0 Å². The molecule has 0 aromatic heterocycles. The Kier molecular flexibility index (Phi) is 3.48. The van der Waals surface area contributed by atoms with Crippen LogP contribution in [0.15, 0.2) is 0 Å². The second kappa shape index (κ2) is 5.07. The van der Waals surface area contributed by atoms with Crippen LogP contribution in [-0.4, -0.2) is 43.0 Å². The minimum atomic E-state index is 0.342. The highest BCUT2D eigenvalue weighted by molar-refractivity contribution is 5.85. The van der Waals surface area contributed by atoms with Gasteiger partial charge in [0.05, 0.1) is 13.2 Å². The van der Waals surface area contributed by atoms with Crippen molar-refractivity contribution < 1.29 is 9.53 Å². The molecule has 3 nitrogen and oxygen atoms in total. The molecule has 2 bridgehead atoms. The van der Waals surface area contributed by atoms with E-state index in [0.29, 0.717) is 23.7 Å². The lowest BCUT2D eigenvalue weighted by molar-refractivity contribution is -0.133. The maximum absolute atomic E-state index is 12.4. The second-order valence-corrected chi connectivity index (χ2v) is 5.78. The van der Waals surface area contributed by atoms with Gasteiger partial charge in [-0.05, 0) is 25.7 Å². The van der Waals surface area contributed by atoms with Gasteiger partial charge in [0.1, 0.15) is 5.78 Å². The van der Waals surface area contributed by atoms with Crippen molar-refractivity contribution in [2.75, 3.05) is 26.3 Å². The SMILES string of the molecule is O=C1[C@@H]2CCCC[C@@H]1[C@@H](N1CCOCC1)CC2. The number of hydrogen-bond acceptors (Lipinski definition) is 3. The Morgan fingerprint density at radius 3 is 2.59 bits per heavy atom. The number of nitrogens with zero attached hydrogens (tertiary/aromatic N) is 1. The molecule has 1 aliphatic heterocycles. The molecule has 0 N–H and O–H groups in total. The molecule has 3 atom stereocenters. The molecule has 1 heterocycles. The number of Topliss-reactive ketones (excluding diaryl/α,β-unsaturated/α-hetero) is 1. The van der Waals surface area contributed by atoms with Crippen molar-refractivity contribution in [1.29, 1.82) is 0 Å². The van der Waals surface area contributed by atoms with E-state index in [2.05, 4.69) is 4.90 Å². The molecule has 0 aromatic rings. The Bertz CT molecular complexity index is 286. The third-order valence-corrected chi connectivity index (χ3v) is 4.88. The molecule has 3 aliphatic rings. The highest BCUT2D eigenvalue weighted by Gasteiger charge is 2.41. The number of carbonyl (C=O) groups is 1. The van der Waals surface area contributed by atoms with Crippen LogP contribution in [0, 0.1) is 11.8 Å². The number of hydrogen-bond donors (Lipinski definition) is 0. The molecular weight excluding hydrogens is 214 g/mol. The van der Waals surface area contributed by atoms with E-state index < -0.39 is 0 Å². The van der Waals surface area contributed by atoms with Gasteiger partial charge in [-0.25, -0.2) is 0 Å². The van der Waals surface area contributed by atoms with Crippen molar-refractivity contribution in [3.05, 3.63) is 0 Å². The molecule has 17 heavy (non-hydrogen) atoms. The van der Waals surface area contributed by atoms with Gasteiger partial charge in [-0.2, -0.15) is 0 Å². The summed E-state index contributed by atoms with van der Waals surface area (Å²) in [6, 6.07) is 0.528. The minimum absolute atomic E-state index is 0.342. The Hall–Kier alpha value is -0.410. The topological polar surface area (TPSA) is 29.5 Å². The number of fused-ring (bicyclic) bond motifs is 2. The van der Waals surface area contributed by atoms with Crippen LogP contribution in [0.5, 0.6) is 0 Å². The van der Waals surface area contributed by atoms with Crippen molar-refractivity contribution in [2.24, 2.45) is 11.8 Å². The van der Waals surface area contributed by atoms with E-state index in [4.69, 9.17) is 4.74 Å². The van der Waals surface area contributed by atoms with E-state index >= 15 is 0 Å². The lowest BCUT2D eigenvalue weighted by Gasteiger charge is -2.42. The highest BCUT2D eigenvalue weighted by atomic mass is 16.5. The monoisotopic (exact) mass is 237 g/mol. The summed E-state index contributed by atoms with van der Waals surface area (Å²) in [5.41, 5.74) is 0. The molecule has 1 saturated heterocycles. The number of rotatable bonds is 1. The van der Waals surface area contributed by atoms with Crippen LogP contribution in [-0.2, 0) is 9.53 Å². The average Bonchev–Trinajstić information content (AvgIpc) is 2.49. The van der Waals surface area contributed by atoms with E-state index in [0.717, 1.165) is 45.6 Å². The molecular formula is C14H23NO2. The number of carbonyl (C=O) groups excluding carboxylic acids is 1. The highest BCUT2D eigenvalue weighted by Crippen LogP contribution is 2.38. The normalized spacial score (nSPS) is 40.0. The molecule has 0 amide bonds. The van der Waals surface area contributed by atoms with Gasteiger partial charge in [0.25, 0.3) is 0 Å². The maximum atomic E-state index is 12.4. The predicted molar refractivity (Wildman–Crippen MR) is 65.9 cm³/mol.